The second-order valence-electron chi connectivity index (χ2n) is 2.22. The van der Waals surface area contributed by atoms with Crippen molar-refractivity contribution in [3.8, 4) is 0 Å². The van der Waals surface area contributed by atoms with Crippen LogP contribution in [0.25, 0.3) is 0 Å². The summed E-state index contributed by atoms with van der Waals surface area (Å²) in [7, 11) is 0. The molecule has 56 valence electrons. The Morgan fingerprint density at radius 1 is 1.56 bits per heavy atom. The first kappa shape index (κ1) is 8.92. The van der Waals surface area contributed by atoms with Gasteiger partial charge in [0, 0.05) is 6.61 Å². The van der Waals surface area contributed by atoms with Gasteiger partial charge in [0.25, 0.3) is 0 Å². The summed E-state index contributed by atoms with van der Waals surface area (Å²) in [5.41, 5.74) is 0. The Labute approximate surface area is 56.8 Å². The van der Waals surface area contributed by atoms with E-state index in [1.54, 1.807) is 0 Å². The Morgan fingerprint density at radius 3 is 2.22 bits per heavy atom. The zero-order valence-corrected chi connectivity index (χ0v) is 6.26. The SMILES string of the molecule is CCC.OC1CCOC1. The van der Waals surface area contributed by atoms with E-state index in [1.807, 2.05) is 0 Å². The van der Waals surface area contributed by atoms with Crippen LogP contribution in [0, 0.1) is 0 Å². The lowest BCUT2D eigenvalue weighted by atomic mass is 10.3. The minimum atomic E-state index is -0.176. The molecule has 0 bridgehead atoms. The zero-order valence-electron chi connectivity index (χ0n) is 6.26. The molecule has 0 aromatic carbocycles. The van der Waals surface area contributed by atoms with Crippen molar-refractivity contribution < 1.29 is 9.84 Å². The van der Waals surface area contributed by atoms with Crippen LogP contribution in [0.2, 0.25) is 0 Å². The largest absolute Gasteiger partial charge is 0.391 e. The maximum atomic E-state index is 8.60. The van der Waals surface area contributed by atoms with Crippen molar-refractivity contribution in [3.63, 3.8) is 0 Å². The fourth-order valence-corrected chi connectivity index (χ4v) is 0.522. The fraction of sp³-hybridized carbons (Fsp3) is 1.00. The first-order valence-corrected chi connectivity index (χ1v) is 3.57. The molecular formula is C7H16O2. The molecule has 0 amide bonds. The van der Waals surface area contributed by atoms with E-state index >= 15 is 0 Å². The summed E-state index contributed by atoms with van der Waals surface area (Å²) < 4.78 is 4.81. The van der Waals surface area contributed by atoms with E-state index in [0.717, 1.165) is 13.0 Å². The highest BCUT2D eigenvalue weighted by Gasteiger charge is 2.09. The van der Waals surface area contributed by atoms with Crippen LogP contribution in [0.5, 0.6) is 0 Å². The van der Waals surface area contributed by atoms with Gasteiger partial charge in [-0.2, -0.15) is 0 Å². The van der Waals surface area contributed by atoms with Crippen LogP contribution in [0.1, 0.15) is 26.7 Å². The monoisotopic (exact) mass is 132 g/mol. The molecule has 2 nitrogen and oxygen atoms in total. The van der Waals surface area contributed by atoms with E-state index in [-0.39, 0.29) is 6.10 Å². The highest BCUT2D eigenvalue weighted by molar-refractivity contribution is 4.58. The predicted molar refractivity (Wildman–Crippen MR) is 37.4 cm³/mol. The first-order valence-electron chi connectivity index (χ1n) is 3.57. The van der Waals surface area contributed by atoms with Gasteiger partial charge in [0.05, 0.1) is 12.7 Å². The summed E-state index contributed by atoms with van der Waals surface area (Å²) in [6.45, 7) is 5.53. The summed E-state index contributed by atoms with van der Waals surface area (Å²) in [5, 5.41) is 8.60. The van der Waals surface area contributed by atoms with Crippen molar-refractivity contribution in [2.75, 3.05) is 13.2 Å². The molecule has 0 spiro atoms. The highest BCUT2D eigenvalue weighted by atomic mass is 16.5. The molecule has 0 aromatic rings. The third-order valence-electron chi connectivity index (χ3n) is 0.906. The van der Waals surface area contributed by atoms with Crippen molar-refractivity contribution in [1.82, 2.24) is 0 Å². The molecule has 1 N–H and O–H groups in total. The van der Waals surface area contributed by atoms with Gasteiger partial charge in [-0.3, -0.25) is 0 Å². The number of rotatable bonds is 0. The highest BCUT2D eigenvalue weighted by Crippen LogP contribution is 2.00. The summed E-state index contributed by atoms with van der Waals surface area (Å²) in [4.78, 5) is 0. The molecule has 1 atom stereocenters. The summed E-state index contributed by atoms with van der Waals surface area (Å²) in [6, 6.07) is 0. The van der Waals surface area contributed by atoms with Crippen LogP contribution in [0.15, 0.2) is 0 Å². The fourth-order valence-electron chi connectivity index (χ4n) is 0.522. The van der Waals surface area contributed by atoms with Crippen LogP contribution >= 0.6 is 0 Å². The molecule has 1 fully saturated rings. The van der Waals surface area contributed by atoms with Crippen LogP contribution in [-0.4, -0.2) is 24.4 Å². The topological polar surface area (TPSA) is 29.5 Å². The average molecular weight is 132 g/mol. The summed E-state index contributed by atoms with van der Waals surface area (Å²) >= 11 is 0. The Hall–Kier alpha value is -0.0800. The third-order valence-corrected chi connectivity index (χ3v) is 0.906. The van der Waals surface area contributed by atoms with E-state index < -0.39 is 0 Å². The maximum Gasteiger partial charge on any atom is 0.0795 e. The number of aliphatic hydroxyl groups excluding tert-OH is 1. The number of ether oxygens (including phenoxy) is 1. The molecule has 1 aliphatic heterocycles. The average Bonchev–Trinajstić information content (AvgIpc) is 2.20. The zero-order chi connectivity index (χ0) is 7.11. The molecule has 0 aromatic heterocycles. The van der Waals surface area contributed by atoms with Crippen molar-refractivity contribution in [1.29, 1.82) is 0 Å². The van der Waals surface area contributed by atoms with Gasteiger partial charge < -0.3 is 9.84 Å². The van der Waals surface area contributed by atoms with E-state index in [1.165, 1.54) is 6.42 Å². The lowest BCUT2D eigenvalue weighted by Crippen LogP contribution is -2.02. The second kappa shape index (κ2) is 6.05. The first-order chi connectivity index (χ1) is 4.31. The molecule has 2 heteroatoms. The van der Waals surface area contributed by atoms with Gasteiger partial charge >= 0.3 is 0 Å². The lowest BCUT2D eigenvalue weighted by molar-refractivity contribution is 0.127. The molecule has 1 heterocycles. The Morgan fingerprint density at radius 2 is 2.11 bits per heavy atom. The third kappa shape index (κ3) is 5.80. The van der Waals surface area contributed by atoms with Gasteiger partial charge in [0.15, 0.2) is 0 Å². The maximum absolute atomic E-state index is 8.60. The molecule has 1 unspecified atom stereocenters. The molecule has 1 saturated heterocycles. The molecular weight excluding hydrogens is 116 g/mol. The predicted octanol–water partition coefficient (Wildman–Crippen LogP) is 1.18. The Bertz CT molecular complexity index is 48.9. The van der Waals surface area contributed by atoms with Gasteiger partial charge in [-0.1, -0.05) is 20.3 Å². The smallest absolute Gasteiger partial charge is 0.0795 e. The number of aliphatic hydroxyl groups is 1. The number of hydrogen-bond donors (Lipinski definition) is 1. The van der Waals surface area contributed by atoms with Crippen molar-refractivity contribution in [3.05, 3.63) is 0 Å². The quantitative estimate of drug-likeness (QED) is 0.536. The van der Waals surface area contributed by atoms with Crippen molar-refractivity contribution >= 4 is 0 Å². The van der Waals surface area contributed by atoms with Crippen molar-refractivity contribution in [2.24, 2.45) is 0 Å². The van der Waals surface area contributed by atoms with Gasteiger partial charge in [-0.15, -0.1) is 0 Å². The normalized spacial score (nSPS) is 25.0. The standard InChI is InChI=1S/C4H8O2.C3H8/c5-4-1-2-6-3-4;1-3-2/h4-5H,1-3H2;3H2,1-2H3. The van der Waals surface area contributed by atoms with E-state index in [9.17, 15) is 0 Å². The van der Waals surface area contributed by atoms with Crippen molar-refractivity contribution in [2.45, 2.75) is 32.8 Å². The molecule has 1 rings (SSSR count). The van der Waals surface area contributed by atoms with Gasteiger partial charge in [-0.25, -0.2) is 0 Å². The minimum Gasteiger partial charge on any atom is -0.391 e. The number of hydrogen-bond acceptors (Lipinski definition) is 2. The Balaban J connectivity index is 0.000000187. The molecule has 0 radical (unpaired) electrons. The molecule has 9 heavy (non-hydrogen) atoms. The second-order valence-corrected chi connectivity index (χ2v) is 2.22. The Kier molecular flexibility index (Phi) is 5.99. The van der Waals surface area contributed by atoms with E-state index in [4.69, 9.17) is 9.84 Å². The molecule has 1 aliphatic rings. The summed E-state index contributed by atoms with van der Waals surface area (Å²) in [6.07, 6.45) is 1.89. The summed E-state index contributed by atoms with van der Waals surface area (Å²) in [5.74, 6) is 0. The van der Waals surface area contributed by atoms with Crippen LogP contribution < -0.4 is 0 Å². The van der Waals surface area contributed by atoms with Crippen LogP contribution in [0.3, 0.4) is 0 Å². The van der Waals surface area contributed by atoms with Gasteiger partial charge in [-0.05, 0) is 6.42 Å². The molecule has 0 saturated carbocycles. The van der Waals surface area contributed by atoms with Gasteiger partial charge in [0.2, 0.25) is 0 Å². The van der Waals surface area contributed by atoms with Crippen LogP contribution in [-0.2, 0) is 4.74 Å². The lowest BCUT2D eigenvalue weighted by Gasteiger charge is -1.89. The van der Waals surface area contributed by atoms with Crippen LogP contribution in [0.4, 0.5) is 0 Å². The van der Waals surface area contributed by atoms with Gasteiger partial charge in [0.1, 0.15) is 0 Å². The molecule has 0 aliphatic carbocycles. The van der Waals surface area contributed by atoms with E-state index in [0.29, 0.717) is 6.61 Å². The van der Waals surface area contributed by atoms with E-state index in [2.05, 4.69) is 13.8 Å². The minimum absolute atomic E-state index is 0.176.